The predicted octanol–water partition coefficient (Wildman–Crippen LogP) is 6.90. The molecule has 2 N–H and O–H groups in total. The first-order valence-electron chi connectivity index (χ1n) is 13.5. The number of nitriles is 1. The molecule has 3 aliphatic rings. The van der Waals surface area contributed by atoms with Crippen LogP contribution in [0.4, 0.5) is 28.9 Å². The summed E-state index contributed by atoms with van der Waals surface area (Å²) in [4.78, 5) is 8.28. The maximum absolute atomic E-state index is 13.9. The molecule has 0 amide bonds. The average molecular weight is 599 g/mol. The lowest BCUT2D eigenvalue weighted by atomic mass is 9.50. The van der Waals surface area contributed by atoms with Crippen LogP contribution in [-0.2, 0) is 5.54 Å². The Balaban J connectivity index is 1.41. The minimum Gasteiger partial charge on any atom is -0.382 e. The quantitative estimate of drug-likeness (QED) is 0.168. The van der Waals surface area contributed by atoms with Crippen LogP contribution in [0, 0.1) is 35.5 Å². The van der Waals surface area contributed by atoms with Gasteiger partial charge >= 0.3 is 6.18 Å². The molecule has 3 saturated carbocycles. The summed E-state index contributed by atoms with van der Waals surface area (Å²) in [7, 11) is 0. The summed E-state index contributed by atoms with van der Waals surface area (Å²) in [6.45, 7) is 3.38. The van der Waals surface area contributed by atoms with Crippen molar-refractivity contribution in [3.8, 4) is 6.07 Å². The van der Waals surface area contributed by atoms with Crippen LogP contribution in [0.3, 0.4) is 0 Å². The lowest BCUT2D eigenvalue weighted by Gasteiger charge is -2.61. The molecule has 0 aliphatic heterocycles. The monoisotopic (exact) mass is 598 g/mol. The van der Waals surface area contributed by atoms with E-state index in [2.05, 4.69) is 30.9 Å². The second kappa shape index (κ2) is 9.80. The fourth-order valence-corrected chi connectivity index (χ4v) is 5.97. The lowest BCUT2D eigenvalue weighted by molar-refractivity contribution is -0.206. The van der Waals surface area contributed by atoms with Gasteiger partial charge in [0.15, 0.2) is 0 Å². The van der Waals surface area contributed by atoms with Gasteiger partial charge in [0.1, 0.15) is 11.8 Å². The highest BCUT2D eigenvalue weighted by molar-refractivity contribution is 6.35. The van der Waals surface area contributed by atoms with Gasteiger partial charge in [-0.1, -0.05) is 22.9 Å². The normalized spacial score (nSPS) is 20.4. The van der Waals surface area contributed by atoms with E-state index >= 15 is 0 Å². The highest BCUT2D eigenvalue weighted by Crippen LogP contribution is 2.62. The van der Waals surface area contributed by atoms with Crippen molar-refractivity contribution in [2.75, 3.05) is 17.2 Å². The van der Waals surface area contributed by atoms with Gasteiger partial charge in [0, 0.05) is 35.1 Å². The molecule has 1 unspecified atom stereocenters. The Labute approximate surface area is 244 Å². The molecule has 3 aliphatic carbocycles. The zero-order valence-corrected chi connectivity index (χ0v) is 23.8. The molecule has 1 atom stereocenters. The Morgan fingerprint density at radius 3 is 2.57 bits per heavy atom. The molecular formula is C29H27ClF4N8. The standard InChI is InChI=1S/C29H27ClF4N8/c1-15-19(4-5-23(31)38-15)26(22-13-42(41-40-22)28-8-16(9-28)10-28)39-18-6-20-24(37-14-27(2,3)29(32,33)34)17(11-35)12-36-25(20)21(30)7-18/h4-7,12-13,16,26,39H,8-10,14H2,1-3H3,(H,36,37). The predicted molar refractivity (Wildman–Crippen MR) is 150 cm³/mol. The Bertz CT molecular complexity index is 1730. The number of aromatic nitrogens is 5. The van der Waals surface area contributed by atoms with Gasteiger partial charge in [0.2, 0.25) is 5.95 Å². The molecule has 3 heterocycles. The first-order chi connectivity index (χ1) is 19.8. The zero-order valence-electron chi connectivity index (χ0n) is 23.0. The van der Waals surface area contributed by atoms with Crippen molar-refractivity contribution in [3.63, 3.8) is 0 Å². The fraction of sp³-hybridized carbons (Fsp3) is 0.414. The van der Waals surface area contributed by atoms with Crippen LogP contribution < -0.4 is 10.6 Å². The van der Waals surface area contributed by atoms with Crippen LogP contribution >= 0.6 is 11.6 Å². The number of rotatable bonds is 8. The Morgan fingerprint density at radius 1 is 1.21 bits per heavy atom. The van der Waals surface area contributed by atoms with Crippen molar-refractivity contribution >= 4 is 33.9 Å². The molecule has 7 rings (SSSR count). The van der Waals surface area contributed by atoms with Crippen molar-refractivity contribution in [3.05, 3.63) is 70.1 Å². The maximum atomic E-state index is 13.9. The number of alkyl halides is 3. The van der Waals surface area contributed by atoms with Crippen molar-refractivity contribution < 1.29 is 17.6 Å². The number of fused-ring (bicyclic) bond motifs is 1. The minimum atomic E-state index is -4.47. The van der Waals surface area contributed by atoms with E-state index in [1.165, 1.54) is 12.3 Å². The Morgan fingerprint density at radius 2 is 1.95 bits per heavy atom. The van der Waals surface area contributed by atoms with E-state index < -0.39 is 30.1 Å². The van der Waals surface area contributed by atoms with Gasteiger partial charge in [0.25, 0.3) is 0 Å². The number of halogens is 5. The van der Waals surface area contributed by atoms with Gasteiger partial charge < -0.3 is 10.6 Å². The summed E-state index contributed by atoms with van der Waals surface area (Å²) >= 11 is 6.63. The molecular weight excluding hydrogens is 572 g/mol. The fourth-order valence-electron chi connectivity index (χ4n) is 5.71. The molecule has 0 spiro atoms. The zero-order chi connectivity index (χ0) is 30.0. The van der Waals surface area contributed by atoms with Gasteiger partial charge in [-0.15, -0.1) is 5.10 Å². The summed E-state index contributed by atoms with van der Waals surface area (Å²) in [6.07, 6.45) is 1.91. The molecule has 13 heteroatoms. The summed E-state index contributed by atoms with van der Waals surface area (Å²) in [5.41, 5.74) is 0.696. The second-order valence-corrected chi connectivity index (χ2v) is 12.3. The van der Waals surface area contributed by atoms with E-state index in [9.17, 15) is 22.8 Å². The molecule has 2 bridgehead atoms. The summed E-state index contributed by atoms with van der Waals surface area (Å²) in [5.74, 6) is 0.125. The molecule has 8 nitrogen and oxygen atoms in total. The van der Waals surface area contributed by atoms with E-state index in [-0.39, 0.29) is 21.8 Å². The van der Waals surface area contributed by atoms with Crippen molar-refractivity contribution in [1.29, 1.82) is 5.26 Å². The second-order valence-electron chi connectivity index (χ2n) is 11.9. The molecule has 3 fully saturated rings. The van der Waals surface area contributed by atoms with Crippen LogP contribution in [0.25, 0.3) is 10.9 Å². The first kappa shape index (κ1) is 28.2. The number of hydrogen-bond donors (Lipinski definition) is 2. The van der Waals surface area contributed by atoms with E-state index in [0.29, 0.717) is 33.5 Å². The highest BCUT2D eigenvalue weighted by atomic mass is 35.5. The molecule has 218 valence electrons. The van der Waals surface area contributed by atoms with Crippen LogP contribution in [0.15, 0.2) is 36.7 Å². The van der Waals surface area contributed by atoms with Crippen LogP contribution in [-0.4, -0.2) is 37.7 Å². The van der Waals surface area contributed by atoms with Gasteiger partial charge in [-0.05, 0) is 64.2 Å². The lowest BCUT2D eigenvalue weighted by Crippen LogP contribution is -2.59. The van der Waals surface area contributed by atoms with Gasteiger partial charge in [-0.25, -0.2) is 9.67 Å². The van der Waals surface area contributed by atoms with Crippen molar-refractivity contribution in [2.24, 2.45) is 11.3 Å². The van der Waals surface area contributed by atoms with E-state index in [1.807, 2.05) is 16.9 Å². The van der Waals surface area contributed by atoms with Gasteiger partial charge in [-0.2, -0.15) is 22.8 Å². The third-order valence-corrected chi connectivity index (χ3v) is 8.82. The molecule has 1 aromatic carbocycles. The number of benzene rings is 1. The summed E-state index contributed by atoms with van der Waals surface area (Å²) < 4.78 is 56.6. The Hall–Kier alpha value is -3.98. The van der Waals surface area contributed by atoms with Crippen LogP contribution in [0.1, 0.15) is 61.7 Å². The summed E-state index contributed by atoms with van der Waals surface area (Å²) in [5, 5.41) is 25.4. The largest absolute Gasteiger partial charge is 0.395 e. The minimum absolute atomic E-state index is 0.00689. The topological polar surface area (TPSA) is 104 Å². The first-order valence-corrected chi connectivity index (χ1v) is 13.8. The number of anilines is 2. The van der Waals surface area contributed by atoms with Gasteiger partial charge in [0.05, 0.1) is 45.0 Å². The third kappa shape index (κ3) is 4.69. The van der Waals surface area contributed by atoms with E-state index in [0.717, 1.165) is 39.0 Å². The van der Waals surface area contributed by atoms with E-state index in [4.69, 9.17) is 11.6 Å². The third-order valence-electron chi connectivity index (χ3n) is 8.53. The molecule has 3 aromatic heterocycles. The molecule has 4 aromatic rings. The average Bonchev–Trinajstić information content (AvgIpc) is 3.33. The highest BCUT2D eigenvalue weighted by Gasteiger charge is 2.59. The smallest absolute Gasteiger partial charge is 0.382 e. The SMILES string of the molecule is Cc1nc(F)ccc1C(Nc1cc(Cl)c2ncc(C#N)c(NCC(C)(C)C(F)(F)F)c2c1)c1cn(C23CC(C2)C3)nn1. The number of aryl methyl sites for hydroxylation is 1. The Kier molecular flexibility index (Phi) is 6.57. The number of nitrogens with one attached hydrogen (secondary N) is 2. The van der Waals surface area contributed by atoms with Crippen molar-refractivity contribution in [1.82, 2.24) is 25.0 Å². The van der Waals surface area contributed by atoms with Crippen LogP contribution in [0.5, 0.6) is 0 Å². The molecule has 0 radical (unpaired) electrons. The molecule has 42 heavy (non-hydrogen) atoms. The van der Waals surface area contributed by atoms with Gasteiger partial charge in [-0.3, -0.25) is 4.98 Å². The summed E-state index contributed by atoms with van der Waals surface area (Å²) in [6, 6.07) is 7.59. The number of hydrogen-bond acceptors (Lipinski definition) is 7. The maximum Gasteiger partial charge on any atom is 0.395 e. The number of pyridine rings is 2. The molecule has 0 saturated heterocycles. The van der Waals surface area contributed by atoms with Crippen molar-refractivity contribution in [2.45, 2.75) is 57.8 Å². The van der Waals surface area contributed by atoms with Crippen LogP contribution in [0.2, 0.25) is 5.02 Å². The van der Waals surface area contributed by atoms with E-state index in [1.54, 1.807) is 25.1 Å². The number of nitrogens with zero attached hydrogens (tertiary/aromatic N) is 6.